The Kier molecular flexibility index (Phi) is 1.26. The molecule has 0 saturated carbocycles. The zero-order chi connectivity index (χ0) is 7.68. The van der Waals surface area contributed by atoms with Gasteiger partial charge in [-0.2, -0.15) is 5.26 Å². The van der Waals surface area contributed by atoms with Crippen LogP contribution in [0.2, 0.25) is 0 Å². The van der Waals surface area contributed by atoms with Gasteiger partial charge in [-0.1, -0.05) is 30.3 Å². The van der Waals surface area contributed by atoms with Crippen LogP contribution in [0.4, 0.5) is 0 Å². The van der Waals surface area contributed by atoms with Crippen molar-refractivity contribution in [2.24, 2.45) is 0 Å². The van der Waals surface area contributed by atoms with Crippen molar-refractivity contribution in [1.82, 2.24) is 0 Å². The molecule has 0 N–H and O–H groups in total. The van der Waals surface area contributed by atoms with Crippen LogP contribution in [0.5, 0.6) is 0 Å². The Morgan fingerprint density at radius 2 is 1.91 bits per heavy atom. The van der Waals surface area contributed by atoms with E-state index in [0.29, 0.717) is 0 Å². The average molecular weight is 141 g/mol. The molecule has 0 amide bonds. The predicted octanol–water partition coefficient (Wildman–Crippen LogP) is 2.37. The first-order chi connectivity index (χ1) is 5.42. The zero-order valence-corrected chi connectivity index (χ0v) is 6.04. The van der Waals surface area contributed by atoms with Gasteiger partial charge in [-0.15, -0.1) is 0 Å². The second kappa shape index (κ2) is 2.25. The lowest BCUT2D eigenvalue weighted by Gasteiger charge is -1.88. The quantitative estimate of drug-likeness (QED) is 0.589. The van der Waals surface area contributed by atoms with E-state index in [2.05, 4.69) is 6.07 Å². The maximum absolute atomic E-state index is 8.53. The van der Waals surface area contributed by atoms with E-state index in [1.54, 1.807) is 0 Å². The number of nitrogens with zero attached hydrogens (tertiary/aromatic N) is 1. The van der Waals surface area contributed by atoms with Gasteiger partial charge in [-0.05, 0) is 11.1 Å². The summed E-state index contributed by atoms with van der Waals surface area (Å²) in [5.41, 5.74) is 3.35. The highest BCUT2D eigenvalue weighted by Crippen LogP contribution is 2.38. The molecule has 0 heterocycles. The minimum Gasteiger partial charge on any atom is -0.193 e. The number of hydrogen-bond acceptors (Lipinski definition) is 1. The van der Waals surface area contributed by atoms with Crippen molar-refractivity contribution in [2.45, 2.75) is 6.42 Å². The molecule has 0 aliphatic heterocycles. The second-order valence-corrected chi connectivity index (χ2v) is 2.61. The van der Waals surface area contributed by atoms with E-state index in [1.165, 1.54) is 11.1 Å². The third-order valence-corrected chi connectivity index (χ3v) is 1.85. The highest BCUT2D eigenvalue weighted by molar-refractivity contribution is 5.86. The van der Waals surface area contributed by atoms with Gasteiger partial charge in [-0.25, -0.2) is 0 Å². The monoisotopic (exact) mass is 141 g/mol. The molecular weight excluding hydrogens is 134 g/mol. The van der Waals surface area contributed by atoms with Gasteiger partial charge in [0.25, 0.3) is 0 Å². The van der Waals surface area contributed by atoms with Crippen molar-refractivity contribution in [3.8, 4) is 6.07 Å². The molecule has 0 spiro atoms. The van der Waals surface area contributed by atoms with E-state index in [1.807, 2.05) is 30.3 Å². The lowest BCUT2D eigenvalue weighted by molar-refractivity contribution is 1.48. The van der Waals surface area contributed by atoms with Crippen LogP contribution in [0.25, 0.3) is 5.57 Å². The van der Waals surface area contributed by atoms with Crippen LogP contribution in [0.15, 0.2) is 35.9 Å². The molecule has 0 radical (unpaired) electrons. The molecule has 52 valence electrons. The third-order valence-electron chi connectivity index (χ3n) is 1.85. The number of rotatable bonds is 1. The summed E-state index contributed by atoms with van der Waals surface area (Å²) >= 11 is 0. The number of benzene rings is 1. The number of hydrogen-bond donors (Lipinski definition) is 0. The van der Waals surface area contributed by atoms with Gasteiger partial charge in [0, 0.05) is 12.0 Å². The molecule has 1 aromatic carbocycles. The lowest BCUT2D eigenvalue weighted by atomic mass is 10.2. The summed E-state index contributed by atoms with van der Waals surface area (Å²) in [6.45, 7) is 0. The fraction of sp³-hybridized carbons (Fsp3) is 0.100. The van der Waals surface area contributed by atoms with Crippen LogP contribution in [0.3, 0.4) is 0 Å². The van der Waals surface area contributed by atoms with Gasteiger partial charge in [0.2, 0.25) is 0 Å². The summed E-state index contributed by atoms with van der Waals surface area (Å²) in [5.74, 6) is 0. The summed E-state index contributed by atoms with van der Waals surface area (Å²) in [4.78, 5) is 0. The largest absolute Gasteiger partial charge is 0.193 e. The van der Waals surface area contributed by atoms with Crippen molar-refractivity contribution in [1.29, 1.82) is 5.26 Å². The minimum atomic E-state index is 0.889. The van der Waals surface area contributed by atoms with Gasteiger partial charge < -0.3 is 0 Å². The molecule has 1 nitrogen and oxygen atoms in total. The van der Waals surface area contributed by atoms with E-state index in [0.717, 1.165) is 12.0 Å². The Morgan fingerprint density at radius 1 is 1.18 bits per heavy atom. The first-order valence-corrected chi connectivity index (χ1v) is 3.59. The highest BCUT2D eigenvalue weighted by atomic mass is 14.3. The van der Waals surface area contributed by atoms with Crippen molar-refractivity contribution >= 4 is 5.57 Å². The number of nitriles is 1. The van der Waals surface area contributed by atoms with Crippen LogP contribution in [-0.2, 0) is 0 Å². The minimum absolute atomic E-state index is 0.889. The molecule has 1 heteroatoms. The zero-order valence-electron chi connectivity index (χ0n) is 6.04. The number of allylic oxidation sites excluding steroid dienone is 2. The first-order valence-electron chi connectivity index (χ1n) is 3.59. The van der Waals surface area contributed by atoms with E-state index in [-0.39, 0.29) is 0 Å². The molecular formula is C10H7N. The Balaban J connectivity index is 2.36. The Hall–Kier alpha value is -1.55. The Morgan fingerprint density at radius 3 is 2.45 bits per heavy atom. The molecule has 0 aromatic heterocycles. The van der Waals surface area contributed by atoms with Gasteiger partial charge in [-0.3, -0.25) is 0 Å². The normalized spacial score (nSPS) is 14.5. The molecule has 0 unspecified atom stereocenters. The summed E-state index contributed by atoms with van der Waals surface area (Å²) < 4.78 is 0. The SMILES string of the molecule is N#CC1=C(c2ccccc2)C1. The van der Waals surface area contributed by atoms with Crippen LogP contribution >= 0.6 is 0 Å². The maximum Gasteiger partial charge on any atom is 0.0953 e. The molecule has 0 bridgehead atoms. The Bertz CT molecular complexity index is 341. The van der Waals surface area contributed by atoms with Crippen LogP contribution in [0, 0.1) is 11.3 Å². The average Bonchev–Trinajstić information content (AvgIpc) is 2.85. The van der Waals surface area contributed by atoms with E-state index in [4.69, 9.17) is 5.26 Å². The third kappa shape index (κ3) is 1.03. The molecule has 0 fully saturated rings. The van der Waals surface area contributed by atoms with Crippen molar-refractivity contribution in [3.05, 3.63) is 41.5 Å². The predicted molar refractivity (Wildman–Crippen MR) is 43.6 cm³/mol. The Labute approximate surface area is 65.6 Å². The standard InChI is InChI=1S/C10H7N/c11-7-9-6-10(9)8-4-2-1-3-5-8/h1-5H,6H2. The van der Waals surface area contributed by atoms with Crippen LogP contribution in [0.1, 0.15) is 12.0 Å². The molecule has 2 rings (SSSR count). The fourth-order valence-corrected chi connectivity index (χ4v) is 1.16. The summed E-state index contributed by atoms with van der Waals surface area (Å²) in [6, 6.07) is 12.2. The van der Waals surface area contributed by atoms with Gasteiger partial charge in [0.05, 0.1) is 6.07 Å². The lowest BCUT2D eigenvalue weighted by Crippen LogP contribution is -1.68. The topological polar surface area (TPSA) is 23.8 Å². The van der Waals surface area contributed by atoms with Gasteiger partial charge >= 0.3 is 0 Å². The molecule has 1 aliphatic carbocycles. The fourth-order valence-electron chi connectivity index (χ4n) is 1.16. The van der Waals surface area contributed by atoms with E-state index >= 15 is 0 Å². The van der Waals surface area contributed by atoms with Crippen molar-refractivity contribution in [2.75, 3.05) is 0 Å². The van der Waals surface area contributed by atoms with Crippen molar-refractivity contribution < 1.29 is 0 Å². The second-order valence-electron chi connectivity index (χ2n) is 2.61. The van der Waals surface area contributed by atoms with Gasteiger partial charge in [0.15, 0.2) is 0 Å². The smallest absolute Gasteiger partial charge is 0.0953 e. The first kappa shape index (κ1) is 6.18. The van der Waals surface area contributed by atoms with Gasteiger partial charge in [0.1, 0.15) is 0 Å². The molecule has 0 atom stereocenters. The summed E-state index contributed by atoms with van der Waals surface area (Å²) in [5, 5.41) is 8.53. The molecule has 0 saturated heterocycles. The van der Waals surface area contributed by atoms with Crippen LogP contribution < -0.4 is 0 Å². The highest BCUT2D eigenvalue weighted by Gasteiger charge is 2.21. The maximum atomic E-state index is 8.53. The van der Waals surface area contributed by atoms with E-state index < -0.39 is 0 Å². The summed E-state index contributed by atoms with van der Waals surface area (Å²) in [6.07, 6.45) is 0.889. The molecule has 11 heavy (non-hydrogen) atoms. The van der Waals surface area contributed by atoms with Crippen LogP contribution in [-0.4, -0.2) is 0 Å². The molecule has 1 aliphatic rings. The molecule has 1 aromatic rings. The summed E-state index contributed by atoms with van der Waals surface area (Å²) in [7, 11) is 0. The van der Waals surface area contributed by atoms with Crippen molar-refractivity contribution in [3.63, 3.8) is 0 Å². The van der Waals surface area contributed by atoms with E-state index in [9.17, 15) is 0 Å².